The Morgan fingerprint density at radius 2 is 2.00 bits per heavy atom. The van der Waals surface area contributed by atoms with Gasteiger partial charge in [0.25, 0.3) is 0 Å². The van der Waals surface area contributed by atoms with Gasteiger partial charge in [-0.15, -0.1) is 0 Å². The normalized spacial score (nSPS) is 25.1. The van der Waals surface area contributed by atoms with E-state index in [9.17, 15) is 4.79 Å². The van der Waals surface area contributed by atoms with Gasteiger partial charge < -0.3 is 15.0 Å². The average molecular weight is 297 g/mol. The van der Waals surface area contributed by atoms with Gasteiger partial charge in [0, 0.05) is 38.3 Å². The molecule has 2 saturated heterocycles. The summed E-state index contributed by atoms with van der Waals surface area (Å²) >= 11 is 0. The highest BCUT2D eigenvalue weighted by Crippen LogP contribution is 2.14. The third-order valence-corrected chi connectivity index (χ3v) is 4.20. The summed E-state index contributed by atoms with van der Waals surface area (Å²) in [4.78, 5) is 16.7. The lowest BCUT2D eigenvalue weighted by atomic mass is 10.1. The number of hydrogen-bond acceptors (Lipinski definition) is 4. The van der Waals surface area contributed by atoms with E-state index >= 15 is 0 Å². The smallest absolute Gasteiger partial charge is 0.236 e. The Morgan fingerprint density at radius 3 is 2.67 bits per heavy atom. The lowest BCUT2D eigenvalue weighted by molar-refractivity contribution is -0.130. The molecule has 1 unspecified atom stereocenters. The van der Waals surface area contributed by atoms with Crippen LogP contribution in [0.1, 0.15) is 40.0 Å². The Balaban J connectivity index is 1.73. The maximum atomic E-state index is 12.3. The first-order valence-electron chi connectivity index (χ1n) is 8.31. The molecule has 0 aliphatic carbocycles. The largest absolute Gasteiger partial charge is 0.377 e. The van der Waals surface area contributed by atoms with Crippen molar-refractivity contribution in [1.82, 2.24) is 15.1 Å². The van der Waals surface area contributed by atoms with Crippen molar-refractivity contribution in [3.63, 3.8) is 0 Å². The van der Waals surface area contributed by atoms with Crippen LogP contribution in [0.15, 0.2) is 0 Å². The molecule has 2 aliphatic rings. The van der Waals surface area contributed by atoms with E-state index in [0.29, 0.717) is 12.6 Å². The van der Waals surface area contributed by atoms with E-state index in [-0.39, 0.29) is 11.4 Å². The van der Waals surface area contributed by atoms with E-state index in [1.54, 1.807) is 0 Å². The minimum Gasteiger partial charge on any atom is -0.377 e. The lowest BCUT2D eigenvalue weighted by Crippen LogP contribution is -2.46. The summed E-state index contributed by atoms with van der Waals surface area (Å²) in [7, 11) is 0. The van der Waals surface area contributed by atoms with Gasteiger partial charge >= 0.3 is 0 Å². The second-order valence-corrected chi connectivity index (χ2v) is 7.27. The highest BCUT2D eigenvalue weighted by molar-refractivity contribution is 5.78. The van der Waals surface area contributed by atoms with Crippen LogP contribution in [0.25, 0.3) is 0 Å². The Labute approximate surface area is 129 Å². The van der Waals surface area contributed by atoms with Gasteiger partial charge in [-0.25, -0.2) is 0 Å². The zero-order chi connectivity index (χ0) is 15.3. The van der Waals surface area contributed by atoms with E-state index in [1.807, 2.05) is 4.90 Å². The van der Waals surface area contributed by atoms with Crippen molar-refractivity contribution < 1.29 is 9.53 Å². The number of carbonyl (C=O) groups excluding carboxylic acids is 1. The first-order valence-corrected chi connectivity index (χ1v) is 8.31. The number of hydrogen-bond donors (Lipinski definition) is 1. The van der Waals surface area contributed by atoms with Crippen LogP contribution in [0.4, 0.5) is 0 Å². The number of carbonyl (C=O) groups is 1. The molecule has 2 rings (SSSR count). The van der Waals surface area contributed by atoms with Crippen LogP contribution >= 0.6 is 0 Å². The highest BCUT2D eigenvalue weighted by atomic mass is 16.5. The molecular formula is C16H31N3O2. The predicted molar refractivity (Wildman–Crippen MR) is 84.4 cm³/mol. The fourth-order valence-electron chi connectivity index (χ4n) is 2.93. The summed E-state index contributed by atoms with van der Waals surface area (Å²) < 4.78 is 5.71. The zero-order valence-electron chi connectivity index (χ0n) is 13.9. The molecule has 122 valence electrons. The van der Waals surface area contributed by atoms with Crippen molar-refractivity contribution in [1.29, 1.82) is 0 Å². The topological polar surface area (TPSA) is 44.8 Å². The highest BCUT2D eigenvalue weighted by Gasteiger charge is 2.23. The Morgan fingerprint density at radius 1 is 1.19 bits per heavy atom. The zero-order valence-corrected chi connectivity index (χ0v) is 13.9. The third kappa shape index (κ3) is 5.93. The van der Waals surface area contributed by atoms with Crippen LogP contribution < -0.4 is 5.32 Å². The molecule has 21 heavy (non-hydrogen) atoms. The summed E-state index contributed by atoms with van der Waals surface area (Å²) in [6, 6.07) is 0. The summed E-state index contributed by atoms with van der Waals surface area (Å²) in [5.41, 5.74) is -0.00659. The second-order valence-electron chi connectivity index (χ2n) is 7.27. The molecule has 1 atom stereocenters. The number of rotatable bonds is 4. The molecule has 0 bridgehead atoms. The summed E-state index contributed by atoms with van der Waals surface area (Å²) in [6.07, 6.45) is 3.86. The van der Waals surface area contributed by atoms with Crippen molar-refractivity contribution in [2.24, 2.45) is 0 Å². The number of ether oxygens (including phenoxy) is 1. The van der Waals surface area contributed by atoms with Crippen molar-refractivity contribution in [2.75, 3.05) is 45.9 Å². The fourth-order valence-corrected chi connectivity index (χ4v) is 2.93. The van der Waals surface area contributed by atoms with Gasteiger partial charge in [0.2, 0.25) is 5.91 Å². The molecule has 0 saturated carbocycles. The van der Waals surface area contributed by atoms with E-state index in [4.69, 9.17) is 4.74 Å². The summed E-state index contributed by atoms with van der Waals surface area (Å²) in [5.74, 6) is 0.226. The van der Waals surface area contributed by atoms with Crippen LogP contribution in [0.3, 0.4) is 0 Å². The molecule has 2 fully saturated rings. The molecule has 2 aliphatic heterocycles. The lowest BCUT2D eigenvalue weighted by Gasteiger charge is -2.26. The van der Waals surface area contributed by atoms with Gasteiger partial charge in [-0.1, -0.05) is 0 Å². The summed E-state index contributed by atoms with van der Waals surface area (Å²) in [6.45, 7) is 12.4. The first kappa shape index (κ1) is 16.7. The quantitative estimate of drug-likeness (QED) is 0.844. The van der Waals surface area contributed by atoms with Crippen molar-refractivity contribution >= 4 is 5.91 Å². The predicted octanol–water partition coefficient (Wildman–Crippen LogP) is 1.09. The molecule has 5 heteroatoms. The van der Waals surface area contributed by atoms with Gasteiger partial charge in [-0.2, -0.15) is 0 Å². The van der Waals surface area contributed by atoms with E-state index in [1.165, 1.54) is 12.8 Å². The van der Waals surface area contributed by atoms with Crippen LogP contribution in [0.2, 0.25) is 0 Å². The molecule has 5 nitrogen and oxygen atoms in total. The molecule has 0 aromatic heterocycles. The van der Waals surface area contributed by atoms with Gasteiger partial charge in [-0.3, -0.25) is 9.69 Å². The van der Waals surface area contributed by atoms with Crippen molar-refractivity contribution in [3.05, 3.63) is 0 Å². The number of amides is 1. The van der Waals surface area contributed by atoms with E-state index < -0.39 is 0 Å². The molecule has 2 heterocycles. The van der Waals surface area contributed by atoms with Crippen LogP contribution in [-0.4, -0.2) is 73.2 Å². The molecule has 1 N–H and O–H groups in total. The molecule has 0 aromatic carbocycles. The van der Waals surface area contributed by atoms with Crippen molar-refractivity contribution in [3.8, 4) is 0 Å². The Kier molecular flexibility index (Phi) is 6.02. The van der Waals surface area contributed by atoms with Crippen LogP contribution in [-0.2, 0) is 9.53 Å². The molecule has 0 aromatic rings. The monoisotopic (exact) mass is 297 g/mol. The Bertz CT molecular complexity index is 335. The fraction of sp³-hybridized carbons (Fsp3) is 0.938. The van der Waals surface area contributed by atoms with Gasteiger partial charge in [0.1, 0.15) is 0 Å². The second kappa shape index (κ2) is 7.56. The molecule has 0 radical (unpaired) electrons. The minimum absolute atomic E-state index is 0.00659. The SMILES string of the molecule is CC(C)(C)NCC(=O)N1CCCN(CC2CCCO2)CC1. The van der Waals surface area contributed by atoms with Gasteiger partial charge in [0.05, 0.1) is 12.6 Å². The van der Waals surface area contributed by atoms with E-state index in [0.717, 1.165) is 45.8 Å². The number of nitrogens with one attached hydrogen (secondary N) is 1. The molecule has 1 amide bonds. The Hall–Kier alpha value is -0.650. The van der Waals surface area contributed by atoms with Crippen LogP contribution in [0, 0.1) is 0 Å². The van der Waals surface area contributed by atoms with Gasteiger partial charge in [0.15, 0.2) is 0 Å². The number of nitrogens with zero attached hydrogens (tertiary/aromatic N) is 2. The molecular weight excluding hydrogens is 266 g/mol. The van der Waals surface area contributed by atoms with Crippen molar-refractivity contribution in [2.45, 2.75) is 51.7 Å². The summed E-state index contributed by atoms with van der Waals surface area (Å²) in [5, 5.41) is 3.28. The van der Waals surface area contributed by atoms with Crippen LogP contribution in [0.5, 0.6) is 0 Å². The first-order chi connectivity index (χ1) is 9.94. The van der Waals surface area contributed by atoms with Gasteiger partial charge in [-0.05, 0) is 46.6 Å². The maximum absolute atomic E-state index is 12.3. The minimum atomic E-state index is -0.00659. The average Bonchev–Trinajstić information content (AvgIpc) is 2.80. The maximum Gasteiger partial charge on any atom is 0.236 e. The molecule has 0 spiro atoms. The van der Waals surface area contributed by atoms with E-state index in [2.05, 4.69) is 31.0 Å². The third-order valence-electron chi connectivity index (χ3n) is 4.20. The standard InChI is InChI=1S/C16H31N3O2/c1-16(2,3)17-12-15(20)19-8-5-7-18(9-10-19)13-14-6-4-11-21-14/h14,17H,4-13H2,1-3H3.